The lowest BCUT2D eigenvalue weighted by molar-refractivity contribution is -0.117. The fraction of sp³-hybridized carbons (Fsp3) is 0.429. The van der Waals surface area contributed by atoms with Gasteiger partial charge in [-0.05, 0) is 43.7 Å². The van der Waals surface area contributed by atoms with Crippen LogP contribution < -0.4 is 5.32 Å². The summed E-state index contributed by atoms with van der Waals surface area (Å²) < 4.78 is 0. The Morgan fingerprint density at radius 2 is 2.21 bits per heavy atom. The molecule has 1 aliphatic rings. The number of nitrogens with zero attached hydrogens (tertiary/aromatic N) is 2. The van der Waals surface area contributed by atoms with Gasteiger partial charge < -0.3 is 5.32 Å². The standard InChI is InChI=1S/C14H16ClN3O/c15-12-3-5-13(6-4-12)17-14(19)10-18-7-1-2-11(8-16)9-18/h3-6,11H,1-2,7,9-10H2,(H,17,19). The van der Waals surface area contributed by atoms with Gasteiger partial charge in [-0.2, -0.15) is 5.26 Å². The predicted molar refractivity (Wildman–Crippen MR) is 74.9 cm³/mol. The van der Waals surface area contributed by atoms with Crippen molar-refractivity contribution in [2.75, 3.05) is 25.0 Å². The van der Waals surface area contributed by atoms with Gasteiger partial charge in [0.05, 0.1) is 18.5 Å². The highest BCUT2D eigenvalue weighted by atomic mass is 35.5. The van der Waals surface area contributed by atoms with E-state index in [9.17, 15) is 4.79 Å². The van der Waals surface area contributed by atoms with Crippen LogP contribution in [-0.4, -0.2) is 30.4 Å². The Morgan fingerprint density at radius 3 is 2.89 bits per heavy atom. The minimum atomic E-state index is -0.0547. The topological polar surface area (TPSA) is 56.1 Å². The van der Waals surface area contributed by atoms with Crippen molar-refractivity contribution in [2.45, 2.75) is 12.8 Å². The van der Waals surface area contributed by atoms with Crippen molar-refractivity contribution in [3.8, 4) is 6.07 Å². The zero-order chi connectivity index (χ0) is 13.7. The van der Waals surface area contributed by atoms with Crippen LogP contribution >= 0.6 is 11.6 Å². The third-order valence-corrected chi connectivity index (χ3v) is 3.44. The number of rotatable bonds is 3. The molecule has 0 aromatic heterocycles. The van der Waals surface area contributed by atoms with Crippen molar-refractivity contribution in [3.63, 3.8) is 0 Å². The molecule has 1 atom stereocenters. The van der Waals surface area contributed by atoms with E-state index in [1.54, 1.807) is 24.3 Å². The molecule has 1 fully saturated rings. The second-order valence-electron chi connectivity index (χ2n) is 4.76. The van der Waals surface area contributed by atoms with Gasteiger partial charge in [0.2, 0.25) is 5.91 Å². The fourth-order valence-electron chi connectivity index (χ4n) is 2.24. The summed E-state index contributed by atoms with van der Waals surface area (Å²) in [4.78, 5) is 13.9. The number of hydrogen-bond donors (Lipinski definition) is 1. The molecule has 0 saturated carbocycles. The predicted octanol–water partition coefficient (Wildman–Crippen LogP) is 2.51. The lowest BCUT2D eigenvalue weighted by Crippen LogP contribution is -2.40. The van der Waals surface area contributed by atoms with E-state index in [4.69, 9.17) is 16.9 Å². The maximum Gasteiger partial charge on any atom is 0.238 e. The lowest BCUT2D eigenvalue weighted by atomic mass is 10.00. The van der Waals surface area contributed by atoms with Gasteiger partial charge in [-0.15, -0.1) is 0 Å². The van der Waals surface area contributed by atoms with Crippen molar-refractivity contribution in [1.29, 1.82) is 5.26 Å². The first-order valence-electron chi connectivity index (χ1n) is 6.35. The van der Waals surface area contributed by atoms with Gasteiger partial charge in [0.1, 0.15) is 0 Å². The smallest absolute Gasteiger partial charge is 0.238 e. The van der Waals surface area contributed by atoms with Crippen molar-refractivity contribution < 1.29 is 4.79 Å². The highest BCUT2D eigenvalue weighted by Gasteiger charge is 2.21. The summed E-state index contributed by atoms with van der Waals surface area (Å²) in [6.07, 6.45) is 1.91. The molecule has 0 aliphatic carbocycles. The van der Waals surface area contributed by atoms with Gasteiger partial charge in [-0.25, -0.2) is 0 Å². The summed E-state index contributed by atoms with van der Waals surface area (Å²) in [5.74, 6) is -0.00186. The minimum absolute atomic E-state index is 0.0529. The molecular formula is C14H16ClN3O. The number of amides is 1. The van der Waals surface area contributed by atoms with Crippen molar-refractivity contribution in [1.82, 2.24) is 4.90 Å². The first kappa shape index (κ1) is 13.9. The quantitative estimate of drug-likeness (QED) is 0.924. The zero-order valence-corrected chi connectivity index (χ0v) is 11.4. The molecule has 0 radical (unpaired) electrons. The summed E-state index contributed by atoms with van der Waals surface area (Å²) in [5, 5.41) is 12.4. The van der Waals surface area contributed by atoms with E-state index < -0.39 is 0 Å². The average Bonchev–Trinajstić information content (AvgIpc) is 2.41. The number of nitrogens with one attached hydrogen (secondary N) is 1. The van der Waals surface area contributed by atoms with Crippen LogP contribution in [0.15, 0.2) is 24.3 Å². The highest BCUT2D eigenvalue weighted by molar-refractivity contribution is 6.30. The van der Waals surface area contributed by atoms with Crippen molar-refractivity contribution in [3.05, 3.63) is 29.3 Å². The van der Waals surface area contributed by atoms with Gasteiger partial charge in [0.15, 0.2) is 0 Å². The van der Waals surface area contributed by atoms with Gasteiger partial charge in [-0.3, -0.25) is 9.69 Å². The van der Waals surface area contributed by atoms with Gasteiger partial charge in [-0.1, -0.05) is 11.6 Å². The van der Waals surface area contributed by atoms with E-state index in [2.05, 4.69) is 11.4 Å². The molecule has 5 heteroatoms. The fourth-order valence-corrected chi connectivity index (χ4v) is 2.37. The molecule has 0 spiro atoms. The molecular weight excluding hydrogens is 262 g/mol. The Hall–Kier alpha value is -1.57. The summed E-state index contributed by atoms with van der Waals surface area (Å²) in [7, 11) is 0. The Kier molecular flexibility index (Phi) is 4.78. The van der Waals surface area contributed by atoms with Crippen LogP contribution in [0.3, 0.4) is 0 Å². The van der Waals surface area contributed by atoms with E-state index >= 15 is 0 Å². The Bertz CT molecular complexity index is 480. The van der Waals surface area contributed by atoms with Crippen molar-refractivity contribution in [2.24, 2.45) is 5.92 Å². The number of nitriles is 1. The molecule has 4 nitrogen and oxygen atoms in total. The molecule has 2 rings (SSSR count). The third kappa shape index (κ3) is 4.23. The van der Waals surface area contributed by atoms with Gasteiger partial charge >= 0.3 is 0 Å². The maximum absolute atomic E-state index is 11.9. The molecule has 1 N–H and O–H groups in total. The van der Waals surface area contributed by atoms with Crippen molar-refractivity contribution >= 4 is 23.2 Å². The van der Waals surface area contributed by atoms with E-state index in [-0.39, 0.29) is 11.8 Å². The molecule has 19 heavy (non-hydrogen) atoms. The molecule has 1 amide bonds. The molecule has 0 bridgehead atoms. The van der Waals surface area contributed by atoms with Gasteiger partial charge in [0.25, 0.3) is 0 Å². The number of carbonyl (C=O) groups excluding carboxylic acids is 1. The van der Waals surface area contributed by atoms with Crippen LogP contribution in [0.2, 0.25) is 5.02 Å². The molecule has 1 unspecified atom stereocenters. The van der Waals surface area contributed by atoms with Crippen LogP contribution in [0.1, 0.15) is 12.8 Å². The number of likely N-dealkylation sites (tertiary alicyclic amines) is 1. The second kappa shape index (κ2) is 6.55. The first-order valence-corrected chi connectivity index (χ1v) is 6.72. The molecule has 1 aromatic carbocycles. The minimum Gasteiger partial charge on any atom is -0.325 e. The SMILES string of the molecule is N#CC1CCCN(CC(=O)Nc2ccc(Cl)cc2)C1. The molecule has 1 aromatic rings. The second-order valence-corrected chi connectivity index (χ2v) is 5.19. The number of halogens is 1. The monoisotopic (exact) mass is 277 g/mol. The number of benzene rings is 1. The highest BCUT2D eigenvalue weighted by Crippen LogP contribution is 2.16. The van der Waals surface area contributed by atoms with E-state index in [0.29, 0.717) is 18.1 Å². The van der Waals surface area contributed by atoms with Crippen LogP contribution in [0.25, 0.3) is 0 Å². The van der Waals surface area contributed by atoms with Crippen LogP contribution in [0.5, 0.6) is 0 Å². The molecule has 1 aliphatic heterocycles. The Morgan fingerprint density at radius 1 is 1.47 bits per heavy atom. The number of hydrogen-bond acceptors (Lipinski definition) is 3. The number of piperidine rings is 1. The third-order valence-electron chi connectivity index (χ3n) is 3.18. The molecule has 1 saturated heterocycles. The zero-order valence-electron chi connectivity index (χ0n) is 10.6. The molecule has 100 valence electrons. The molecule has 1 heterocycles. The maximum atomic E-state index is 11.9. The normalized spacial score (nSPS) is 19.7. The Labute approximate surface area is 118 Å². The summed E-state index contributed by atoms with van der Waals surface area (Å²) in [6, 6.07) is 9.30. The summed E-state index contributed by atoms with van der Waals surface area (Å²) >= 11 is 5.78. The van der Waals surface area contributed by atoms with E-state index in [1.807, 2.05) is 4.90 Å². The average molecular weight is 278 g/mol. The van der Waals surface area contributed by atoms with E-state index in [1.165, 1.54) is 0 Å². The van der Waals surface area contributed by atoms with Gasteiger partial charge in [0, 0.05) is 17.3 Å². The number of anilines is 1. The van der Waals surface area contributed by atoms with E-state index in [0.717, 1.165) is 25.1 Å². The lowest BCUT2D eigenvalue weighted by Gasteiger charge is -2.28. The first-order chi connectivity index (χ1) is 9.17. The number of carbonyl (C=O) groups is 1. The summed E-state index contributed by atoms with van der Waals surface area (Å²) in [5.41, 5.74) is 0.739. The summed E-state index contributed by atoms with van der Waals surface area (Å²) in [6.45, 7) is 1.90. The van der Waals surface area contributed by atoms with Crippen LogP contribution in [0.4, 0.5) is 5.69 Å². The van der Waals surface area contributed by atoms with Crippen LogP contribution in [-0.2, 0) is 4.79 Å². The Balaban J connectivity index is 1.84. The van der Waals surface area contributed by atoms with Crippen LogP contribution in [0, 0.1) is 17.2 Å². The largest absolute Gasteiger partial charge is 0.325 e.